The van der Waals surface area contributed by atoms with Crippen molar-refractivity contribution in [2.45, 2.75) is 13.0 Å². The van der Waals surface area contributed by atoms with Crippen LogP contribution < -0.4 is 0 Å². The lowest BCUT2D eigenvalue weighted by molar-refractivity contribution is -0.137. The molecule has 1 aromatic carbocycles. The first-order chi connectivity index (χ1) is 10.6. The molecule has 0 aliphatic heterocycles. The summed E-state index contributed by atoms with van der Waals surface area (Å²) in [5.41, 5.74) is 0.729. The highest BCUT2D eigenvalue weighted by Crippen LogP contribution is 2.13. The van der Waals surface area contributed by atoms with Gasteiger partial charge in [0, 0.05) is 36.6 Å². The molecule has 0 saturated carbocycles. The lowest BCUT2D eigenvalue weighted by Crippen LogP contribution is -2.33. The van der Waals surface area contributed by atoms with Crippen LogP contribution in [0.4, 0.5) is 4.39 Å². The van der Waals surface area contributed by atoms with Crippen LogP contribution in [0, 0.1) is 5.82 Å². The van der Waals surface area contributed by atoms with Crippen molar-refractivity contribution >= 4 is 11.9 Å². The SMILES string of the molecule is O=C(O)CCN(Cc1ccccc1F)C(=O)c1ccncc1. The predicted molar refractivity (Wildman–Crippen MR) is 77.6 cm³/mol. The molecule has 0 aliphatic rings. The molecule has 0 unspecified atom stereocenters. The fourth-order valence-electron chi connectivity index (χ4n) is 1.99. The number of amides is 1. The van der Waals surface area contributed by atoms with Crippen LogP contribution in [0.2, 0.25) is 0 Å². The Hall–Kier alpha value is -2.76. The number of hydrogen-bond acceptors (Lipinski definition) is 3. The second-order valence-corrected chi connectivity index (χ2v) is 4.70. The standard InChI is InChI=1S/C16H15FN2O3/c17-14-4-2-1-3-13(14)11-19(10-7-15(20)21)16(22)12-5-8-18-9-6-12/h1-6,8-9H,7,10-11H2,(H,20,21). The monoisotopic (exact) mass is 302 g/mol. The highest BCUT2D eigenvalue weighted by molar-refractivity contribution is 5.94. The van der Waals surface area contributed by atoms with Crippen molar-refractivity contribution in [1.82, 2.24) is 9.88 Å². The summed E-state index contributed by atoms with van der Waals surface area (Å²) in [4.78, 5) is 28.4. The number of carboxylic acids is 1. The highest BCUT2D eigenvalue weighted by atomic mass is 19.1. The average molecular weight is 302 g/mol. The van der Waals surface area contributed by atoms with Crippen LogP contribution in [0.1, 0.15) is 22.3 Å². The van der Waals surface area contributed by atoms with Gasteiger partial charge >= 0.3 is 5.97 Å². The Morgan fingerprint density at radius 2 is 1.82 bits per heavy atom. The normalized spacial score (nSPS) is 10.2. The Kier molecular flexibility index (Phi) is 5.19. The molecule has 2 rings (SSSR count). The molecule has 0 bridgehead atoms. The molecule has 2 aromatic rings. The van der Waals surface area contributed by atoms with Gasteiger partial charge in [0.25, 0.3) is 5.91 Å². The number of aromatic nitrogens is 1. The molecule has 1 heterocycles. The minimum atomic E-state index is -1.01. The molecule has 1 aromatic heterocycles. The van der Waals surface area contributed by atoms with E-state index in [0.717, 1.165) is 0 Å². The molecule has 6 heteroatoms. The zero-order valence-corrected chi connectivity index (χ0v) is 11.8. The number of carbonyl (C=O) groups excluding carboxylic acids is 1. The van der Waals surface area contributed by atoms with Crippen LogP contribution in [0.5, 0.6) is 0 Å². The van der Waals surface area contributed by atoms with Gasteiger partial charge in [0.05, 0.1) is 6.42 Å². The van der Waals surface area contributed by atoms with Crippen LogP contribution in [-0.4, -0.2) is 33.4 Å². The number of rotatable bonds is 6. The number of halogens is 1. The van der Waals surface area contributed by atoms with Gasteiger partial charge in [-0.25, -0.2) is 4.39 Å². The molecule has 22 heavy (non-hydrogen) atoms. The van der Waals surface area contributed by atoms with Gasteiger partial charge in [0.1, 0.15) is 5.82 Å². The molecular weight excluding hydrogens is 287 g/mol. The van der Waals surface area contributed by atoms with Gasteiger partial charge in [-0.15, -0.1) is 0 Å². The Morgan fingerprint density at radius 3 is 2.45 bits per heavy atom. The van der Waals surface area contributed by atoms with Gasteiger partial charge in [0.15, 0.2) is 0 Å². The number of pyridine rings is 1. The second-order valence-electron chi connectivity index (χ2n) is 4.70. The van der Waals surface area contributed by atoms with E-state index in [1.165, 1.54) is 35.5 Å². The van der Waals surface area contributed by atoms with Gasteiger partial charge in [-0.05, 0) is 18.2 Å². The van der Waals surface area contributed by atoms with Crippen LogP contribution in [-0.2, 0) is 11.3 Å². The fourth-order valence-corrected chi connectivity index (χ4v) is 1.99. The summed E-state index contributed by atoms with van der Waals surface area (Å²) in [6.45, 7) is 0.0198. The van der Waals surface area contributed by atoms with Gasteiger partial charge < -0.3 is 10.0 Å². The first-order valence-corrected chi connectivity index (χ1v) is 6.72. The van der Waals surface area contributed by atoms with Gasteiger partial charge in [-0.1, -0.05) is 18.2 Å². The zero-order valence-electron chi connectivity index (χ0n) is 11.8. The van der Waals surface area contributed by atoms with E-state index in [-0.39, 0.29) is 25.4 Å². The molecule has 5 nitrogen and oxygen atoms in total. The van der Waals surface area contributed by atoms with E-state index in [1.54, 1.807) is 18.2 Å². The maximum atomic E-state index is 13.8. The molecule has 0 fully saturated rings. The Balaban J connectivity index is 2.21. The molecule has 0 aliphatic carbocycles. The summed E-state index contributed by atoms with van der Waals surface area (Å²) in [7, 11) is 0. The first kappa shape index (κ1) is 15.6. The van der Waals surface area contributed by atoms with Gasteiger partial charge in [0.2, 0.25) is 0 Å². The van der Waals surface area contributed by atoms with Crippen molar-refractivity contribution in [2.24, 2.45) is 0 Å². The van der Waals surface area contributed by atoms with Gasteiger partial charge in [-0.3, -0.25) is 14.6 Å². The summed E-state index contributed by atoms with van der Waals surface area (Å²) < 4.78 is 13.8. The molecule has 0 atom stereocenters. The predicted octanol–water partition coefficient (Wildman–Crippen LogP) is 2.34. The summed E-state index contributed by atoms with van der Waals surface area (Å²) in [5.74, 6) is -1.79. The van der Waals surface area contributed by atoms with Crippen molar-refractivity contribution < 1.29 is 19.1 Å². The highest BCUT2D eigenvalue weighted by Gasteiger charge is 2.18. The second kappa shape index (κ2) is 7.31. The van der Waals surface area contributed by atoms with Crippen molar-refractivity contribution in [1.29, 1.82) is 0 Å². The molecule has 114 valence electrons. The lowest BCUT2D eigenvalue weighted by Gasteiger charge is -2.22. The topological polar surface area (TPSA) is 70.5 Å². The molecular formula is C16H15FN2O3. The van der Waals surface area contributed by atoms with Crippen LogP contribution in [0.3, 0.4) is 0 Å². The maximum Gasteiger partial charge on any atom is 0.305 e. The lowest BCUT2D eigenvalue weighted by atomic mass is 10.1. The third kappa shape index (κ3) is 4.12. The summed E-state index contributed by atoms with van der Waals surface area (Å²) in [6, 6.07) is 9.19. The summed E-state index contributed by atoms with van der Waals surface area (Å²) in [5, 5.41) is 8.81. The smallest absolute Gasteiger partial charge is 0.305 e. The van der Waals surface area contributed by atoms with Gasteiger partial charge in [-0.2, -0.15) is 0 Å². The molecule has 1 amide bonds. The Bertz CT molecular complexity index is 661. The number of benzene rings is 1. The Morgan fingerprint density at radius 1 is 1.14 bits per heavy atom. The van der Waals surface area contributed by atoms with E-state index < -0.39 is 11.8 Å². The van der Waals surface area contributed by atoms with Crippen molar-refractivity contribution in [3.8, 4) is 0 Å². The molecule has 0 saturated heterocycles. The minimum Gasteiger partial charge on any atom is -0.481 e. The first-order valence-electron chi connectivity index (χ1n) is 6.72. The van der Waals surface area contributed by atoms with E-state index in [9.17, 15) is 14.0 Å². The number of carboxylic acid groups (broad SMARTS) is 1. The number of nitrogens with zero attached hydrogens (tertiary/aromatic N) is 2. The van der Waals surface area contributed by atoms with Crippen molar-refractivity contribution in [3.63, 3.8) is 0 Å². The summed E-state index contributed by atoms with van der Waals surface area (Å²) >= 11 is 0. The number of aliphatic carboxylic acids is 1. The third-order valence-corrected chi connectivity index (χ3v) is 3.13. The van der Waals surface area contributed by atoms with E-state index >= 15 is 0 Å². The Labute approximate surface area is 127 Å². The quantitative estimate of drug-likeness (QED) is 0.889. The number of carbonyl (C=O) groups is 2. The third-order valence-electron chi connectivity index (χ3n) is 3.13. The van der Waals surface area contributed by atoms with Crippen LogP contribution in [0.25, 0.3) is 0 Å². The van der Waals surface area contributed by atoms with E-state index in [4.69, 9.17) is 5.11 Å². The minimum absolute atomic E-state index is 0.00479. The van der Waals surface area contributed by atoms with Crippen LogP contribution >= 0.6 is 0 Å². The zero-order chi connectivity index (χ0) is 15.9. The van der Waals surface area contributed by atoms with Crippen molar-refractivity contribution in [3.05, 3.63) is 65.7 Å². The largest absolute Gasteiger partial charge is 0.481 e. The van der Waals surface area contributed by atoms with E-state index in [1.807, 2.05) is 0 Å². The van der Waals surface area contributed by atoms with Crippen LogP contribution in [0.15, 0.2) is 48.8 Å². The molecule has 0 spiro atoms. The number of hydrogen-bond donors (Lipinski definition) is 1. The summed E-state index contributed by atoms with van der Waals surface area (Å²) in [6.07, 6.45) is 2.75. The molecule has 1 N–H and O–H groups in total. The van der Waals surface area contributed by atoms with E-state index in [2.05, 4.69) is 4.98 Å². The maximum absolute atomic E-state index is 13.8. The average Bonchev–Trinajstić information content (AvgIpc) is 2.53. The van der Waals surface area contributed by atoms with Crippen molar-refractivity contribution in [2.75, 3.05) is 6.54 Å². The van der Waals surface area contributed by atoms with E-state index in [0.29, 0.717) is 11.1 Å². The molecule has 0 radical (unpaired) electrons. The fraction of sp³-hybridized carbons (Fsp3) is 0.188.